The first-order chi connectivity index (χ1) is 6.63. The zero-order chi connectivity index (χ0) is 11.9. The first kappa shape index (κ1) is 12.9. The predicted molar refractivity (Wildman–Crippen MR) is 59.3 cm³/mol. The van der Waals surface area contributed by atoms with Crippen molar-refractivity contribution in [2.24, 2.45) is 5.92 Å². The van der Waals surface area contributed by atoms with Gasteiger partial charge in [-0.1, -0.05) is 13.8 Å². The maximum atomic E-state index is 13.4. The molecule has 0 amide bonds. The third kappa shape index (κ3) is 3.13. The molecule has 0 aliphatic carbocycles. The van der Waals surface area contributed by atoms with Crippen molar-refractivity contribution < 1.29 is 8.78 Å². The van der Waals surface area contributed by atoms with Gasteiger partial charge in [0.15, 0.2) is 0 Å². The van der Waals surface area contributed by atoms with Crippen LogP contribution in [-0.4, -0.2) is 28.9 Å². The molecular formula is C12H23F2N. The maximum Gasteiger partial charge on any atom is 0.260 e. The highest BCUT2D eigenvalue weighted by molar-refractivity contribution is 4.93. The molecule has 0 aromatic rings. The topological polar surface area (TPSA) is 3.24 Å². The van der Waals surface area contributed by atoms with Crippen molar-refractivity contribution in [3.63, 3.8) is 0 Å². The van der Waals surface area contributed by atoms with Crippen LogP contribution in [0.5, 0.6) is 0 Å². The third-order valence-electron chi connectivity index (χ3n) is 3.24. The highest BCUT2D eigenvalue weighted by Crippen LogP contribution is 2.36. The van der Waals surface area contributed by atoms with Gasteiger partial charge in [0.1, 0.15) is 0 Å². The monoisotopic (exact) mass is 219 g/mol. The summed E-state index contributed by atoms with van der Waals surface area (Å²) in [5.74, 6) is -2.06. The number of likely N-dealkylation sites (tertiary alicyclic amines) is 1. The number of halogens is 2. The van der Waals surface area contributed by atoms with E-state index in [4.69, 9.17) is 0 Å². The number of nitrogens with zero attached hydrogens (tertiary/aromatic N) is 1. The Morgan fingerprint density at radius 2 is 1.80 bits per heavy atom. The fraction of sp³-hybridized carbons (Fsp3) is 1.00. The summed E-state index contributed by atoms with van der Waals surface area (Å²) >= 11 is 0. The summed E-state index contributed by atoms with van der Waals surface area (Å²) in [7, 11) is 0. The highest BCUT2D eigenvalue weighted by Gasteiger charge is 2.44. The van der Waals surface area contributed by atoms with Crippen molar-refractivity contribution in [1.29, 1.82) is 0 Å². The Hall–Kier alpha value is -0.180. The van der Waals surface area contributed by atoms with Gasteiger partial charge in [-0.05, 0) is 33.1 Å². The zero-order valence-corrected chi connectivity index (χ0v) is 10.5. The maximum absolute atomic E-state index is 13.4. The minimum Gasteiger partial charge on any atom is -0.289 e. The number of hydrogen-bond donors (Lipinski definition) is 0. The Morgan fingerprint density at radius 1 is 1.27 bits per heavy atom. The number of alkyl halides is 2. The van der Waals surface area contributed by atoms with Gasteiger partial charge in [0.25, 0.3) is 5.92 Å². The van der Waals surface area contributed by atoms with E-state index in [0.717, 1.165) is 0 Å². The second kappa shape index (κ2) is 4.00. The Morgan fingerprint density at radius 3 is 2.20 bits per heavy atom. The molecule has 1 unspecified atom stereocenters. The molecule has 15 heavy (non-hydrogen) atoms. The molecule has 1 saturated heterocycles. The summed E-state index contributed by atoms with van der Waals surface area (Å²) in [6.07, 6.45) is 0.657. The van der Waals surface area contributed by atoms with E-state index in [1.807, 2.05) is 25.7 Å². The molecule has 0 aromatic heterocycles. The molecule has 1 atom stereocenters. The van der Waals surface area contributed by atoms with Crippen LogP contribution in [0, 0.1) is 5.92 Å². The normalized spacial score (nSPS) is 28.4. The van der Waals surface area contributed by atoms with Crippen LogP contribution in [0.25, 0.3) is 0 Å². The average molecular weight is 219 g/mol. The molecular weight excluding hydrogens is 196 g/mol. The van der Waals surface area contributed by atoms with E-state index in [1.54, 1.807) is 0 Å². The standard InChI is InChI=1S/C12H23F2N/c1-9(2)10-6-7-12(13,14)8-15(10)11(3,4)5/h9-10H,6-8H2,1-5H3. The largest absolute Gasteiger partial charge is 0.289 e. The molecule has 0 aromatic carbocycles. The lowest BCUT2D eigenvalue weighted by atomic mass is 9.87. The van der Waals surface area contributed by atoms with Gasteiger partial charge in [-0.3, -0.25) is 4.90 Å². The van der Waals surface area contributed by atoms with Crippen molar-refractivity contribution in [3.8, 4) is 0 Å². The lowest BCUT2D eigenvalue weighted by Gasteiger charge is -2.48. The summed E-state index contributed by atoms with van der Waals surface area (Å²) in [5, 5.41) is 0. The van der Waals surface area contributed by atoms with Crippen LogP contribution >= 0.6 is 0 Å². The van der Waals surface area contributed by atoms with Gasteiger partial charge in [0.05, 0.1) is 6.54 Å². The molecule has 90 valence electrons. The van der Waals surface area contributed by atoms with Crippen molar-refractivity contribution in [3.05, 3.63) is 0 Å². The lowest BCUT2D eigenvalue weighted by molar-refractivity contribution is -0.116. The first-order valence-electron chi connectivity index (χ1n) is 5.78. The van der Waals surface area contributed by atoms with Gasteiger partial charge in [0, 0.05) is 18.0 Å². The Kier molecular flexibility index (Phi) is 3.44. The second-order valence-corrected chi connectivity index (χ2v) is 6.00. The molecule has 1 heterocycles. The second-order valence-electron chi connectivity index (χ2n) is 6.00. The fourth-order valence-corrected chi connectivity index (χ4v) is 2.39. The van der Waals surface area contributed by atoms with Crippen molar-refractivity contribution >= 4 is 0 Å². The van der Waals surface area contributed by atoms with Crippen LogP contribution in [0.1, 0.15) is 47.5 Å². The van der Waals surface area contributed by atoms with Crippen LogP contribution in [0.3, 0.4) is 0 Å². The Balaban J connectivity index is 2.84. The Bertz CT molecular complexity index is 218. The average Bonchev–Trinajstić information content (AvgIpc) is 2.00. The van der Waals surface area contributed by atoms with Crippen LogP contribution in [0.15, 0.2) is 0 Å². The number of piperidine rings is 1. The molecule has 0 spiro atoms. The van der Waals surface area contributed by atoms with E-state index < -0.39 is 5.92 Å². The van der Waals surface area contributed by atoms with Gasteiger partial charge >= 0.3 is 0 Å². The SMILES string of the molecule is CC(C)C1CCC(F)(F)CN1C(C)(C)C. The van der Waals surface area contributed by atoms with Crippen molar-refractivity contribution in [1.82, 2.24) is 4.90 Å². The van der Waals surface area contributed by atoms with E-state index in [1.165, 1.54) is 0 Å². The molecule has 1 fully saturated rings. The minimum atomic E-state index is -2.50. The summed E-state index contributed by atoms with van der Waals surface area (Å²) in [6.45, 7) is 10.2. The van der Waals surface area contributed by atoms with E-state index in [-0.39, 0.29) is 18.5 Å². The van der Waals surface area contributed by atoms with Gasteiger partial charge in [-0.15, -0.1) is 0 Å². The van der Waals surface area contributed by atoms with Crippen LogP contribution in [0.4, 0.5) is 8.78 Å². The lowest BCUT2D eigenvalue weighted by Crippen LogP contribution is -2.58. The quantitative estimate of drug-likeness (QED) is 0.652. The van der Waals surface area contributed by atoms with Gasteiger partial charge < -0.3 is 0 Å². The van der Waals surface area contributed by atoms with Gasteiger partial charge in [-0.25, -0.2) is 8.78 Å². The minimum absolute atomic E-state index is 0.0441. The smallest absolute Gasteiger partial charge is 0.260 e. The molecule has 1 aliphatic rings. The molecule has 1 nitrogen and oxygen atoms in total. The fourth-order valence-electron chi connectivity index (χ4n) is 2.39. The van der Waals surface area contributed by atoms with Crippen LogP contribution < -0.4 is 0 Å². The molecule has 1 aliphatic heterocycles. The van der Waals surface area contributed by atoms with E-state index >= 15 is 0 Å². The molecule has 3 heteroatoms. The number of rotatable bonds is 1. The molecule has 0 bridgehead atoms. The van der Waals surface area contributed by atoms with E-state index in [0.29, 0.717) is 18.4 Å². The molecule has 0 saturated carbocycles. The van der Waals surface area contributed by atoms with Gasteiger partial charge in [0.2, 0.25) is 0 Å². The van der Waals surface area contributed by atoms with Crippen molar-refractivity contribution in [2.45, 2.75) is 65.0 Å². The summed E-state index contributed by atoms with van der Waals surface area (Å²) in [4.78, 5) is 1.97. The first-order valence-corrected chi connectivity index (χ1v) is 5.78. The van der Waals surface area contributed by atoms with E-state index in [2.05, 4.69) is 13.8 Å². The summed E-state index contributed by atoms with van der Waals surface area (Å²) in [6, 6.07) is 0.296. The predicted octanol–water partition coefficient (Wildman–Crippen LogP) is 3.54. The molecule has 0 N–H and O–H groups in total. The zero-order valence-electron chi connectivity index (χ0n) is 10.5. The third-order valence-corrected chi connectivity index (χ3v) is 3.24. The van der Waals surface area contributed by atoms with Crippen LogP contribution in [0.2, 0.25) is 0 Å². The van der Waals surface area contributed by atoms with Crippen molar-refractivity contribution in [2.75, 3.05) is 6.54 Å². The molecule has 0 radical (unpaired) electrons. The van der Waals surface area contributed by atoms with Gasteiger partial charge in [-0.2, -0.15) is 0 Å². The summed E-state index contributed by atoms with van der Waals surface area (Å²) < 4.78 is 26.8. The molecule has 1 rings (SSSR count). The van der Waals surface area contributed by atoms with Crippen LogP contribution in [-0.2, 0) is 0 Å². The Labute approximate surface area is 91.8 Å². The van der Waals surface area contributed by atoms with E-state index in [9.17, 15) is 8.78 Å². The summed E-state index contributed by atoms with van der Waals surface area (Å²) in [5.41, 5.74) is -0.168. The highest BCUT2D eigenvalue weighted by atomic mass is 19.3. The number of hydrogen-bond acceptors (Lipinski definition) is 1.